The summed E-state index contributed by atoms with van der Waals surface area (Å²) in [4.78, 5) is 19.4. The number of methoxy groups -OCH3 is 2. The molecule has 1 amide bonds. The zero-order valence-corrected chi connectivity index (χ0v) is 11.5. The summed E-state index contributed by atoms with van der Waals surface area (Å²) in [5.41, 5.74) is 0. The molecule has 106 valence electrons. The van der Waals surface area contributed by atoms with E-state index in [9.17, 15) is 4.79 Å². The SMILES string of the molecule is CCCC(=O)NCCNc1cc(OC)nc(OC)n1. The van der Waals surface area contributed by atoms with E-state index in [4.69, 9.17) is 9.47 Å². The van der Waals surface area contributed by atoms with E-state index in [0.29, 0.717) is 31.2 Å². The van der Waals surface area contributed by atoms with Crippen molar-refractivity contribution < 1.29 is 14.3 Å². The van der Waals surface area contributed by atoms with Crippen LogP contribution in [-0.4, -0.2) is 43.2 Å². The fourth-order valence-electron chi connectivity index (χ4n) is 1.40. The van der Waals surface area contributed by atoms with Crippen LogP contribution >= 0.6 is 0 Å². The average molecular weight is 268 g/mol. The molecular weight excluding hydrogens is 248 g/mol. The van der Waals surface area contributed by atoms with Crippen molar-refractivity contribution in [3.63, 3.8) is 0 Å². The fourth-order valence-corrected chi connectivity index (χ4v) is 1.40. The van der Waals surface area contributed by atoms with Crippen molar-refractivity contribution in [2.24, 2.45) is 0 Å². The van der Waals surface area contributed by atoms with Gasteiger partial charge in [-0.2, -0.15) is 9.97 Å². The van der Waals surface area contributed by atoms with E-state index < -0.39 is 0 Å². The highest BCUT2D eigenvalue weighted by Gasteiger charge is 2.04. The molecule has 19 heavy (non-hydrogen) atoms. The van der Waals surface area contributed by atoms with Gasteiger partial charge in [-0.15, -0.1) is 0 Å². The molecular formula is C12H20N4O3. The Morgan fingerprint density at radius 2 is 2.05 bits per heavy atom. The highest BCUT2D eigenvalue weighted by Crippen LogP contribution is 2.16. The van der Waals surface area contributed by atoms with E-state index in [-0.39, 0.29) is 11.9 Å². The molecule has 0 aliphatic rings. The third kappa shape index (κ3) is 5.41. The summed E-state index contributed by atoms with van der Waals surface area (Å²) in [7, 11) is 3.01. The van der Waals surface area contributed by atoms with Crippen molar-refractivity contribution in [2.45, 2.75) is 19.8 Å². The number of carbonyl (C=O) groups is 1. The van der Waals surface area contributed by atoms with E-state index in [0.717, 1.165) is 6.42 Å². The van der Waals surface area contributed by atoms with E-state index in [1.165, 1.54) is 14.2 Å². The lowest BCUT2D eigenvalue weighted by atomic mass is 10.3. The maximum absolute atomic E-state index is 11.3. The van der Waals surface area contributed by atoms with Crippen LogP contribution in [0.3, 0.4) is 0 Å². The van der Waals surface area contributed by atoms with Crippen molar-refractivity contribution in [3.8, 4) is 11.9 Å². The third-order valence-electron chi connectivity index (χ3n) is 2.30. The van der Waals surface area contributed by atoms with Crippen LogP contribution in [0.2, 0.25) is 0 Å². The highest BCUT2D eigenvalue weighted by molar-refractivity contribution is 5.75. The first-order chi connectivity index (χ1) is 9.19. The lowest BCUT2D eigenvalue weighted by Gasteiger charge is -2.09. The molecule has 0 saturated carbocycles. The summed E-state index contributed by atoms with van der Waals surface area (Å²) in [6, 6.07) is 1.90. The van der Waals surface area contributed by atoms with Crippen LogP contribution in [0.15, 0.2) is 6.07 Å². The van der Waals surface area contributed by atoms with Crippen LogP contribution in [0.5, 0.6) is 11.9 Å². The molecule has 2 N–H and O–H groups in total. The number of nitrogens with zero attached hydrogens (tertiary/aromatic N) is 2. The van der Waals surface area contributed by atoms with Gasteiger partial charge in [0.25, 0.3) is 0 Å². The number of hydrogen-bond donors (Lipinski definition) is 2. The minimum atomic E-state index is 0.0575. The molecule has 0 spiro atoms. The van der Waals surface area contributed by atoms with Gasteiger partial charge in [-0.3, -0.25) is 4.79 Å². The molecule has 1 heterocycles. The number of anilines is 1. The number of hydrogen-bond acceptors (Lipinski definition) is 6. The van der Waals surface area contributed by atoms with Crippen molar-refractivity contribution in [1.82, 2.24) is 15.3 Å². The molecule has 0 saturated heterocycles. The Hall–Kier alpha value is -2.05. The molecule has 1 aromatic rings. The zero-order chi connectivity index (χ0) is 14.1. The Kier molecular flexibility index (Phi) is 6.42. The van der Waals surface area contributed by atoms with E-state index >= 15 is 0 Å². The minimum absolute atomic E-state index is 0.0575. The smallest absolute Gasteiger partial charge is 0.321 e. The van der Waals surface area contributed by atoms with Crippen molar-refractivity contribution in [2.75, 3.05) is 32.6 Å². The first kappa shape index (κ1) is 15.0. The molecule has 0 aliphatic heterocycles. The van der Waals surface area contributed by atoms with Crippen LogP contribution in [0.25, 0.3) is 0 Å². The molecule has 0 unspecified atom stereocenters. The average Bonchev–Trinajstić information content (AvgIpc) is 2.43. The summed E-state index contributed by atoms with van der Waals surface area (Å²) >= 11 is 0. The molecule has 0 aromatic carbocycles. The second kappa shape index (κ2) is 8.12. The van der Waals surface area contributed by atoms with Gasteiger partial charge in [0.05, 0.1) is 14.2 Å². The van der Waals surface area contributed by atoms with Crippen molar-refractivity contribution in [1.29, 1.82) is 0 Å². The molecule has 0 fully saturated rings. The van der Waals surface area contributed by atoms with Gasteiger partial charge in [0.1, 0.15) is 5.82 Å². The number of carbonyl (C=O) groups excluding carboxylic acids is 1. The molecule has 0 radical (unpaired) electrons. The zero-order valence-electron chi connectivity index (χ0n) is 11.5. The summed E-state index contributed by atoms with van der Waals surface area (Å²) < 4.78 is 9.99. The van der Waals surface area contributed by atoms with Crippen LogP contribution in [0.1, 0.15) is 19.8 Å². The van der Waals surface area contributed by atoms with Crippen LogP contribution in [0, 0.1) is 0 Å². The molecule has 7 heteroatoms. The predicted molar refractivity (Wildman–Crippen MR) is 71.5 cm³/mol. The quantitative estimate of drug-likeness (QED) is 0.679. The van der Waals surface area contributed by atoms with Crippen LogP contribution in [0.4, 0.5) is 5.82 Å². The lowest BCUT2D eigenvalue weighted by molar-refractivity contribution is -0.121. The topological polar surface area (TPSA) is 85.4 Å². The molecule has 7 nitrogen and oxygen atoms in total. The number of rotatable bonds is 8. The normalized spacial score (nSPS) is 9.84. The maximum atomic E-state index is 11.3. The summed E-state index contributed by atoms with van der Waals surface area (Å²) in [5.74, 6) is 1.07. The Labute approximate surface area is 112 Å². The van der Waals surface area contributed by atoms with Gasteiger partial charge < -0.3 is 20.1 Å². The molecule has 0 bridgehead atoms. The fraction of sp³-hybridized carbons (Fsp3) is 0.583. The first-order valence-corrected chi connectivity index (χ1v) is 6.17. The van der Waals surface area contributed by atoms with Crippen LogP contribution in [-0.2, 0) is 4.79 Å². The summed E-state index contributed by atoms with van der Waals surface area (Å²) in [6.45, 7) is 3.07. The van der Waals surface area contributed by atoms with Gasteiger partial charge in [0.15, 0.2) is 0 Å². The lowest BCUT2D eigenvalue weighted by Crippen LogP contribution is -2.28. The maximum Gasteiger partial charge on any atom is 0.321 e. The Morgan fingerprint density at radius 1 is 1.26 bits per heavy atom. The molecule has 0 atom stereocenters. The third-order valence-corrected chi connectivity index (χ3v) is 2.30. The van der Waals surface area contributed by atoms with E-state index in [1.54, 1.807) is 6.07 Å². The molecule has 0 aliphatic carbocycles. The number of ether oxygens (including phenoxy) is 2. The van der Waals surface area contributed by atoms with Gasteiger partial charge in [-0.05, 0) is 6.42 Å². The van der Waals surface area contributed by atoms with Gasteiger partial charge in [-0.1, -0.05) is 6.92 Å². The van der Waals surface area contributed by atoms with Gasteiger partial charge in [-0.25, -0.2) is 0 Å². The second-order valence-electron chi connectivity index (χ2n) is 3.81. The largest absolute Gasteiger partial charge is 0.481 e. The van der Waals surface area contributed by atoms with E-state index in [1.807, 2.05) is 6.92 Å². The Balaban J connectivity index is 2.42. The molecule has 1 aromatic heterocycles. The van der Waals surface area contributed by atoms with Crippen molar-refractivity contribution in [3.05, 3.63) is 6.07 Å². The summed E-state index contributed by atoms with van der Waals surface area (Å²) in [5, 5.41) is 5.87. The number of amides is 1. The second-order valence-corrected chi connectivity index (χ2v) is 3.81. The highest BCUT2D eigenvalue weighted by atomic mass is 16.5. The summed E-state index contributed by atoms with van der Waals surface area (Å²) in [6.07, 6.45) is 1.40. The molecule has 1 rings (SSSR count). The minimum Gasteiger partial charge on any atom is -0.481 e. The number of aromatic nitrogens is 2. The standard InChI is InChI=1S/C12H20N4O3/c1-4-5-10(17)14-7-6-13-9-8-11(18-2)16-12(15-9)19-3/h8H,4-7H2,1-3H3,(H,14,17)(H,13,15,16). The Bertz CT molecular complexity index is 390. The predicted octanol–water partition coefficient (Wildman–Crippen LogP) is 0.822. The Morgan fingerprint density at radius 3 is 2.68 bits per heavy atom. The van der Waals surface area contributed by atoms with Gasteiger partial charge in [0.2, 0.25) is 11.8 Å². The van der Waals surface area contributed by atoms with E-state index in [2.05, 4.69) is 20.6 Å². The van der Waals surface area contributed by atoms with Gasteiger partial charge in [0, 0.05) is 25.6 Å². The first-order valence-electron chi connectivity index (χ1n) is 6.17. The van der Waals surface area contributed by atoms with Crippen molar-refractivity contribution >= 4 is 11.7 Å². The van der Waals surface area contributed by atoms with Gasteiger partial charge >= 0.3 is 6.01 Å². The monoisotopic (exact) mass is 268 g/mol. The number of nitrogens with one attached hydrogen (secondary N) is 2. The van der Waals surface area contributed by atoms with Crippen LogP contribution < -0.4 is 20.1 Å².